The van der Waals surface area contributed by atoms with Crippen molar-refractivity contribution in [1.82, 2.24) is 4.90 Å². The van der Waals surface area contributed by atoms with Gasteiger partial charge >= 0.3 is 5.97 Å². The lowest BCUT2D eigenvalue weighted by atomic mass is 10.1. The maximum Gasteiger partial charge on any atom is 0.326 e. The summed E-state index contributed by atoms with van der Waals surface area (Å²) in [5.41, 5.74) is 0.976. The highest BCUT2D eigenvalue weighted by Gasteiger charge is 2.34. The molecule has 2 N–H and O–H groups in total. The number of anilines is 1. The van der Waals surface area contributed by atoms with Crippen LogP contribution in [-0.2, 0) is 9.59 Å². The van der Waals surface area contributed by atoms with Crippen molar-refractivity contribution in [2.45, 2.75) is 18.9 Å². The van der Waals surface area contributed by atoms with Crippen LogP contribution in [0.4, 0.5) is 5.69 Å². The summed E-state index contributed by atoms with van der Waals surface area (Å²) >= 11 is 0. The molecule has 3 rings (SSSR count). The highest BCUT2D eigenvalue weighted by Crippen LogP contribution is 2.22. The van der Waals surface area contributed by atoms with E-state index in [1.54, 1.807) is 55.6 Å². The zero-order valence-electron chi connectivity index (χ0n) is 16.0. The van der Waals surface area contributed by atoms with Gasteiger partial charge < -0.3 is 24.8 Å². The molecule has 152 valence electrons. The van der Waals surface area contributed by atoms with E-state index in [4.69, 9.17) is 9.47 Å². The van der Waals surface area contributed by atoms with E-state index in [9.17, 15) is 19.5 Å². The van der Waals surface area contributed by atoms with Gasteiger partial charge in [0.15, 0.2) is 6.61 Å². The first-order valence-corrected chi connectivity index (χ1v) is 9.18. The maximum atomic E-state index is 12.5. The van der Waals surface area contributed by atoms with E-state index in [0.717, 1.165) is 0 Å². The van der Waals surface area contributed by atoms with Crippen molar-refractivity contribution < 1.29 is 29.0 Å². The van der Waals surface area contributed by atoms with Crippen LogP contribution in [0.15, 0.2) is 48.5 Å². The molecule has 2 amide bonds. The SMILES string of the molecule is COc1cccc(NC(=O)COc2ccc(C(=O)N3CCCC3C(=O)O)cc2)c1. The lowest BCUT2D eigenvalue weighted by Gasteiger charge is -2.21. The Morgan fingerprint density at radius 1 is 1.14 bits per heavy atom. The topological polar surface area (TPSA) is 105 Å². The predicted molar refractivity (Wildman–Crippen MR) is 105 cm³/mol. The molecule has 0 aromatic heterocycles. The molecule has 0 bridgehead atoms. The maximum absolute atomic E-state index is 12.5. The summed E-state index contributed by atoms with van der Waals surface area (Å²) in [7, 11) is 1.55. The molecule has 1 fully saturated rings. The Hall–Kier alpha value is -3.55. The van der Waals surface area contributed by atoms with E-state index in [1.807, 2.05) is 0 Å². The van der Waals surface area contributed by atoms with Gasteiger partial charge in [-0.15, -0.1) is 0 Å². The van der Waals surface area contributed by atoms with E-state index in [-0.39, 0.29) is 18.4 Å². The molecule has 0 saturated carbocycles. The summed E-state index contributed by atoms with van der Waals surface area (Å²) in [5, 5.41) is 11.9. The third-order valence-corrected chi connectivity index (χ3v) is 4.62. The number of carbonyl (C=O) groups is 3. The van der Waals surface area contributed by atoms with Crippen molar-refractivity contribution in [2.75, 3.05) is 25.6 Å². The molecule has 1 aliphatic heterocycles. The van der Waals surface area contributed by atoms with Crippen molar-refractivity contribution in [3.63, 3.8) is 0 Å². The van der Waals surface area contributed by atoms with Gasteiger partial charge in [0.1, 0.15) is 17.5 Å². The summed E-state index contributed by atoms with van der Waals surface area (Å²) in [4.78, 5) is 37.2. The predicted octanol–water partition coefficient (Wildman–Crippen LogP) is 2.40. The number of carboxylic acids is 1. The molecule has 8 heteroatoms. The number of aliphatic carboxylic acids is 1. The number of likely N-dealkylation sites (tertiary alicyclic amines) is 1. The van der Waals surface area contributed by atoms with Crippen molar-refractivity contribution in [1.29, 1.82) is 0 Å². The number of ether oxygens (including phenoxy) is 2. The van der Waals surface area contributed by atoms with Crippen LogP contribution in [0.2, 0.25) is 0 Å². The Bertz CT molecular complexity index is 896. The minimum atomic E-state index is -0.988. The van der Waals surface area contributed by atoms with Gasteiger partial charge in [-0.05, 0) is 49.2 Å². The Labute approximate surface area is 168 Å². The Kier molecular flexibility index (Phi) is 6.33. The number of carbonyl (C=O) groups excluding carboxylic acids is 2. The van der Waals surface area contributed by atoms with Gasteiger partial charge in [0, 0.05) is 23.9 Å². The van der Waals surface area contributed by atoms with E-state index in [0.29, 0.717) is 42.1 Å². The normalized spacial score (nSPS) is 15.6. The average molecular weight is 398 g/mol. The van der Waals surface area contributed by atoms with Gasteiger partial charge in [-0.25, -0.2) is 4.79 Å². The van der Waals surface area contributed by atoms with Crippen molar-refractivity contribution in [3.8, 4) is 11.5 Å². The third kappa shape index (κ3) is 5.04. The smallest absolute Gasteiger partial charge is 0.326 e. The highest BCUT2D eigenvalue weighted by molar-refractivity contribution is 5.97. The molecule has 0 aliphatic carbocycles. The molecule has 1 atom stereocenters. The minimum Gasteiger partial charge on any atom is -0.497 e. The van der Waals surface area contributed by atoms with Gasteiger partial charge in [-0.1, -0.05) is 6.07 Å². The lowest BCUT2D eigenvalue weighted by Crippen LogP contribution is -2.40. The molecule has 8 nitrogen and oxygen atoms in total. The van der Waals surface area contributed by atoms with Crippen LogP contribution in [0, 0.1) is 0 Å². The third-order valence-electron chi connectivity index (χ3n) is 4.62. The van der Waals surface area contributed by atoms with Crippen LogP contribution < -0.4 is 14.8 Å². The number of hydrogen-bond donors (Lipinski definition) is 2. The summed E-state index contributed by atoms with van der Waals surface area (Å²) in [5.74, 6) is -0.583. The van der Waals surface area contributed by atoms with Crippen LogP contribution in [-0.4, -0.2) is 54.1 Å². The number of rotatable bonds is 7. The van der Waals surface area contributed by atoms with Gasteiger partial charge in [0.05, 0.1) is 7.11 Å². The largest absolute Gasteiger partial charge is 0.497 e. The highest BCUT2D eigenvalue weighted by atomic mass is 16.5. The zero-order chi connectivity index (χ0) is 20.8. The molecule has 1 saturated heterocycles. The standard InChI is InChI=1S/C21H22N2O6/c1-28-17-5-2-4-15(12-17)22-19(24)13-29-16-9-7-14(8-10-16)20(25)23-11-3-6-18(23)21(26)27/h2,4-5,7-10,12,18H,3,6,11,13H2,1H3,(H,22,24)(H,26,27). The fourth-order valence-electron chi connectivity index (χ4n) is 3.17. The van der Waals surface area contributed by atoms with Gasteiger partial charge in [-0.2, -0.15) is 0 Å². The molecule has 29 heavy (non-hydrogen) atoms. The lowest BCUT2D eigenvalue weighted by molar-refractivity contribution is -0.141. The second-order valence-corrected chi connectivity index (χ2v) is 6.59. The van der Waals surface area contributed by atoms with Crippen LogP contribution in [0.5, 0.6) is 11.5 Å². The minimum absolute atomic E-state index is 0.197. The number of nitrogens with one attached hydrogen (secondary N) is 1. The molecule has 1 unspecified atom stereocenters. The molecule has 2 aromatic carbocycles. The van der Waals surface area contributed by atoms with Crippen molar-refractivity contribution >= 4 is 23.5 Å². The molecular weight excluding hydrogens is 376 g/mol. The van der Waals surface area contributed by atoms with E-state index in [2.05, 4.69) is 5.32 Å². The summed E-state index contributed by atoms with van der Waals surface area (Å²) < 4.78 is 10.6. The van der Waals surface area contributed by atoms with Crippen molar-refractivity contribution in [2.24, 2.45) is 0 Å². The average Bonchev–Trinajstić information content (AvgIpc) is 3.22. The van der Waals surface area contributed by atoms with E-state index >= 15 is 0 Å². The molecule has 2 aromatic rings. The van der Waals surface area contributed by atoms with Crippen molar-refractivity contribution in [3.05, 3.63) is 54.1 Å². The Morgan fingerprint density at radius 3 is 2.59 bits per heavy atom. The van der Waals surface area contributed by atoms with Crippen LogP contribution in [0.1, 0.15) is 23.2 Å². The first kappa shape index (κ1) is 20.2. The number of amides is 2. The number of methoxy groups -OCH3 is 1. The second-order valence-electron chi connectivity index (χ2n) is 6.59. The van der Waals surface area contributed by atoms with Crippen LogP contribution >= 0.6 is 0 Å². The number of carboxylic acid groups (broad SMARTS) is 1. The molecule has 0 radical (unpaired) electrons. The first-order chi connectivity index (χ1) is 14.0. The molecule has 0 spiro atoms. The summed E-state index contributed by atoms with van der Waals surface area (Å²) in [6.07, 6.45) is 1.14. The van der Waals surface area contributed by atoms with E-state index in [1.165, 1.54) is 4.90 Å². The second kappa shape index (κ2) is 9.09. The van der Waals surface area contributed by atoms with Gasteiger partial charge in [-0.3, -0.25) is 9.59 Å². The fraction of sp³-hybridized carbons (Fsp3) is 0.286. The number of nitrogens with zero attached hydrogens (tertiary/aromatic N) is 1. The zero-order valence-corrected chi connectivity index (χ0v) is 16.0. The quantitative estimate of drug-likeness (QED) is 0.742. The van der Waals surface area contributed by atoms with Gasteiger partial charge in [0.2, 0.25) is 0 Å². The fourth-order valence-corrected chi connectivity index (χ4v) is 3.17. The number of benzene rings is 2. The van der Waals surface area contributed by atoms with Crippen LogP contribution in [0.25, 0.3) is 0 Å². The number of hydrogen-bond acceptors (Lipinski definition) is 5. The Morgan fingerprint density at radius 2 is 1.90 bits per heavy atom. The van der Waals surface area contributed by atoms with Crippen LogP contribution in [0.3, 0.4) is 0 Å². The summed E-state index contributed by atoms with van der Waals surface area (Å²) in [6, 6.07) is 12.5. The van der Waals surface area contributed by atoms with E-state index < -0.39 is 12.0 Å². The molecular formula is C21H22N2O6. The van der Waals surface area contributed by atoms with Gasteiger partial charge in [0.25, 0.3) is 11.8 Å². The molecule has 1 heterocycles. The Balaban J connectivity index is 1.54. The summed E-state index contributed by atoms with van der Waals surface area (Å²) in [6.45, 7) is 0.232. The first-order valence-electron chi connectivity index (χ1n) is 9.18. The monoisotopic (exact) mass is 398 g/mol. The molecule has 1 aliphatic rings.